The number of benzene rings is 1. The second-order valence-electron chi connectivity index (χ2n) is 8.13. The molecular formula is C23H23F3N4O4S. The van der Waals surface area contributed by atoms with E-state index in [1.807, 2.05) is 13.0 Å². The first-order valence-electron chi connectivity index (χ1n) is 10.8. The Morgan fingerprint density at radius 2 is 1.97 bits per heavy atom. The van der Waals surface area contributed by atoms with Gasteiger partial charge in [0, 0.05) is 37.5 Å². The average Bonchev–Trinajstić information content (AvgIpc) is 3.24. The van der Waals surface area contributed by atoms with E-state index in [2.05, 4.69) is 14.7 Å². The zero-order valence-electron chi connectivity index (χ0n) is 19.0. The summed E-state index contributed by atoms with van der Waals surface area (Å²) in [5.74, 6) is -0.857. The lowest BCUT2D eigenvalue weighted by atomic mass is 9.95. The molecule has 0 bridgehead atoms. The Kier molecular flexibility index (Phi) is 7.10. The number of halogens is 3. The van der Waals surface area contributed by atoms with Crippen LogP contribution in [-0.4, -0.2) is 53.4 Å². The lowest BCUT2D eigenvalue weighted by Crippen LogP contribution is -2.44. The number of carbonyl (C=O) groups excluding carboxylic acids is 2. The zero-order chi connectivity index (χ0) is 25.2. The number of ether oxygens (including phenoxy) is 2. The molecule has 0 radical (unpaired) electrons. The number of aryl methyl sites for hydroxylation is 1. The number of rotatable bonds is 5. The van der Waals surface area contributed by atoms with Gasteiger partial charge >= 0.3 is 12.5 Å². The van der Waals surface area contributed by atoms with E-state index < -0.39 is 12.5 Å². The maximum Gasteiger partial charge on any atom is 0.573 e. The first kappa shape index (κ1) is 24.7. The van der Waals surface area contributed by atoms with E-state index >= 15 is 0 Å². The number of thiazole rings is 1. The summed E-state index contributed by atoms with van der Waals surface area (Å²) in [6, 6.07) is 5.73. The maximum absolute atomic E-state index is 13.7. The molecule has 0 saturated carbocycles. The summed E-state index contributed by atoms with van der Waals surface area (Å²) in [5.41, 5.74) is 2.23. The lowest BCUT2D eigenvalue weighted by Gasteiger charge is -2.33. The molecule has 1 fully saturated rings. The Morgan fingerprint density at radius 3 is 2.63 bits per heavy atom. The molecule has 12 heteroatoms. The van der Waals surface area contributed by atoms with Crippen molar-refractivity contribution in [3.8, 4) is 5.75 Å². The van der Waals surface area contributed by atoms with Crippen LogP contribution >= 0.6 is 11.3 Å². The minimum absolute atomic E-state index is 0.163. The van der Waals surface area contributed by atoms with Crippen molar-refractivity contribution in [3.05, 3.63) is 47.8 Å². The number of hydrogen-bond acceptors (Lipinski definition) is 7. The molecule has 2 aromatic heterocycles. The van der Waals surface area contributed by atoms with Crippen molar-refractivity contribution in [3.63, 3.8) is 0 Å². The second kappa shape index (κ2) is 10.1. The Labute approximate surface area is 203 Å². The summed E-state index contributed by atoms with van der Waals surface area (Å²) in [6.07, 6.45) is -0.969. The number of nitrogens with zero attached hydrogens (tertiary/aromatic N) is 4. The quantitative estimate of drug-likeness (QED) is 0.487. The number of carbonyl (C=O) groups is 2. The van der Waals surface area contributed by atoms with E-state index in [1.165, 1.54) is 25.3 Å². The van der Waals surface area contributed by atoms with E-state index in [9.17, 15) is 22.8 Å². The van der Waals surface area contributed by atoms with E-state index in [-0.39, 0.29) is 24.1 Å². The molecule has 1 aliphatic rings. The summed E-state index contributed by atoms with van der Waals surface area (Å²) < 4.78 is 47.2. The van der Waals surface area contributed by atoms with Crippen molar-refractivity contribution in [1.82, 2.24) is 14.9 Å². The number of aromatic nitrogens is 2. The Bertz CT molecular complexity index is 1220. The Morgan fingerprint density at radius 1 is 1.23 bits per heavy atom. The second-order valence-corrected chi connectivity index (χ2v) is 9.14. The predicted octanol–water partition coefficient (Wildman–Crippen LogP) is 4.91. The van der Waals surface area contributed by atoms with Gasteiger partial charge < -0.3 is 14.4 Å². The van der Waals surface area contributed by atoms with Gasteiger partial charge in [-0.2, -0.15) is 0 Å². The third-order valence-corrected chi connectivity index (χ3v) is 6.87. The Balaban J connectivity index is 1.63. The largest absolute Gasteiger partial charge is 0.573 e. The fourth-order valence-electron chi connectivity index (χ4n) is 3.94. The molecule has 0 aliphatic carbocycles. The van der Waals surface area contributed by atoms with Gasteiger partial charge in [-0.3, -0.25) is 14.7 Å². The Hall–Kier alpha value is -3.41. The third-order valence-electron chi connectivity index (χ3n) is 5.83. The number of amides is 2. The molecule has 4 rings (SSSR count). The van der Waals surface area contributed by atoms with Gasteiger partial charge in [0.05, 0.1) is 23.9 Å². The van der Waals surface area contributed by atoms with Crippen LogP contribution in [-0.2, 0) is 16.1 Å². The summed E-state index contributed by atoms with van der Waals surface area (Å²) >= 11 is 1.11. The van der Waals surface area contributed by atoms with Crippen molar-refractivity contribution in [1.29, 1.82) is 0 Å². The van der Waals surface area contributed by atoms with Crippen LogP contribution in [0.1, 0.15) is 24.0 Å². The number of piperidine rings is 1. The molecule has 3 heterocycles. The van der Waals surface area contributed by atoms with Gasteiger partial charge in [-0.15, -0.1) is 13.2 Å². The minimum atomic E-state index is -4.81. The van der Waals surface area contributed by atoms with Crippen LogP contribution in [0.15, 0.2) is 36.7 Å². The van der Waals surface area contributed by atoms with Gasteiger partial charge in [0.2, 0.25) is 5.91 Å². The smallest absolute Gasteiger partial charge is 0.453 e. The third kappa shape index (κ3) is 5.81. The van der Waals surface area contributed by atoms with Gasteiger partial charge in [0.25, 0.3) is 0 Å². The standard InChI is InChI=1S/C23H23F3N4O4S/c1-14-5-8-27-12-16(14)13-30(20(31)15-6-9-29(10-7-15)22(32)33-2)21-28-18-4-3-17(11-19(18)35-21)34-23(24,25)26/h3-5,8,11-12,15H,6-7,9-10,13H2,1-2H3. The van der Waals surface area contributed by atoms with Crippen molar-refractivity contribution in [2.75, 3.05) is 25.1 Å². The molecule has 1 saturated heterocycles. The molecule has 1 aliphatic heterocycles. The van der Waals surface area contributed by atoms with E-state index in [1.54, 1.807) is 22.2 Å². The molecule has 3 aromatic rings. The van der Waals surface area contributed by atoms with Gasteiger partial charge in [0.15, 0.2) is 5.13 Å². The van der Waals surface area contributed by atoms with Crippen LogP contribution < -0.4 is 9.64 Å². The summed E-state index contributed by atoms with van der Waals surface area (Å²) in [7, 11) is 1.32. The fourth-order valence-corrected chi connectivity index (χ4v) is 4.93. The SMILES string of the molecule is COC(=O)N1CCC(C(=O)N(Cc2cnccc2C)c2nc3ccc(OC(F)(F)F)cc3s2)CC1. The summed E-state index contributed by atoms with van der Waals surface area (Å²) in [4.78, 5) is 37.3. The zero-order valence-corrected chi connectivity index (χ0v) is 19.9. The molecule has 0 N–H and O–H groups in total. The average molecular weight is 509 g/mol. The van der Waals surface area contributed by atoms with Crippen molar-refractivity contribution in [2.24, 2.45) is 5.92 Å². The molecule has 1 aromatic carbocycles. The number of hydrogen-bond donors (Lipinski definition) is 0. The first-order chi connectivity index (χ1) is 16.6. The van der Waals surface area contributed by atoms with Crippen molar-refractivity contribution < 1.29 is 32.2 Å². The minimum Gasteiger partial charge on any atom is -0.453 e. The predicted molar refractivity (Wildman–Crippen MR) is 123 cm³/mol. The van der Waals surface area contributed by atoms with Crippen LogP contribution in [0, 0.1) is 12.8 Å². The number of anilines is 1. The number of fused-ring (bicyclic) bond motifs is 1. The van der Waals surface area contributed by atoms with Gasteiger partial charge in [-0.25, -0.2) is 9.78 Å². The highest BCUT2D eigenvalue weighted by molar-refractivity contribution is 7.22. The van der Waals surface area contributed by atoms with Crippen molar-refractivity contribution >= 4 is 38.7 Å². The molecule has 8 nitrogen and oxygen atoms in total. The topological polar surface area (TPSA) is 84.9 Å². The number of alkyl halides is 3. The molecule has 0 unspecified atom stereocenters. The monoisotopic (exact) mass is 508 g/mol. The highest BCUT2D eigenvalue weighted by Gasteiger charge is 2.33. The first-order valence-corrected chi connectivity index (χ1v) is 11.7. The normalized spacial score (nSPS) is 14.7. The summed E-state index contributed by atoms with van der Waals surface area (Å²) in [5, 5.41) is 0.368. The number of likely N-dealkylation sites (tertiary alicyclic amines) is 1. The highest BCUT2D eigenvalue weighted by Crippen LogP contribution is 2.35. The van der Waals surface area contributed by atoms with Crippen LogP contribution in [0.4, 0.5) is 23.1 Å². The lowest BCUT2D eigenvalue weighted by molar-refractivity contribution is -0.274. The molecular weight excluding hydrogens is 485 g/mol. The maximum atomic E-state index is 13.7. The van der Waals surface area contributed by atoms with Crippen molar-refractivity contribution in [2.45, 2.75) is 32.7 Å². The van der Waals surface area contributed by atoms with Crippen LogP contribution in [0.2, 0.25) is 0 Å². The summed E-state index contributed by atoms with van der Waals surface area (Å²) in [6.45, 7) is 2.90. The molecule has 0 spiro atoms. The van der Waals surface area contributed by atoms with Gasteiger partial charge in [-0.1, -0.05) is 11.3 Å². The number of methoxy groups -OCH3 is 1. The van der Waals surface area contributed by atoms with Gasteiger partial charge in [0.1, 0.15) is 5.75 Å². The van der Waals surface area contributed by atoms with Crippen LogP contribution in [0.25, 0.3) is 10.2 Å². The van der Waals surface area contributed by atoms with E-state index in [0.717, 1.165) is 22.5 Å². The number of pyridine rings is 1. The molecule has 35 heavy (non-hydrogen) atoms. The fraction of sp³-hybridized carbons (Fsp3) is 0.391. The molecule has 186 valence electrons. The van der Waals surface area contributed by atoms with E-state index in [0.29, 0.717) is 41.3 Å². The van der Waals surface area contributed by atoms with E-state index in [4.69, 9.17) is 4.74 Å². The van der Waals surface area contributed by atoms with Crippen LogP contribution in [0.5, 0.6) is 5.75 Å². The van der Waals surface area contributed by atoms with Crippen LogP contribution in [0.3, 0.4) is 0 Å². The van der Waals surface area contributed by atoms with Gasteiger partial charge in [-0.05, 0) is 49.1 Å². The molecule has 2 amide bonds. The highest BCUT2D eigenvalue weighted by atomic mass is 32.1. The molecule has 0 atom stereocenters.